The molecule has 0 bridgehead atoms. The Morgan fingerprint density at radius 1 is 1.28 bits per heavy atom. The molecule has 0 saturated heterocycles. The lowest BCUT2D eigenvalue weighted by atomic mass is 9.91. The molecule has 2 rings (SSSR count). The summed E-state index contributed by atoms with van der Waals surface area (Å²) < 4.78 is 0. The van der Waals surface area contributed by atoms with Gasteiger partial charge in [0.15, 0.2) is 0 Å². The third-order valence-electron chi connectivity index (χ3n) is 4.90. The molecule has 0 aromatic carbocycles. The van der Waals surface area contributed by atoms with Crippen LogP contribution in [-0.2, 0) is 9.59 Å². The van der Waals surface area contributed by atoms with E-state index in [4.69, 9.17) is 5.11 Å². The van der Waals surface area contributed by atoms with Gasteiger partial charge >= 0.3 is 5.97 Å². The van der Waals surface area contributed by atoms with Crippen molar-refractivity contribution in [2.24, 2.45) is 23.2 Å². The van der Waals surface area contributed by atoms with Gasteiger partial charge < -0.3 is 10.4 Å². The second kappa shape index (κ2) is 4.90. The molecule has 2 aliphatic carbocycles. The van der Waals surface area contributed by atoms with Gasteiger partial charge in [0.2, 0.25) is 5.91 Å². The van der Waals surface area contributed by atoms with Crippen molar-refractivity contribution >= 4 is 11.9 Å². The molecule has 2 atom stereocenters. The van der Waals surface area contributed by atoms with Gasteiger partial charge in [-0.3, -0.25) is 9.59 Å². The van der Waals surface area contributed by atoms with Crippen LogP contribution in [0.15, 0.2) is 0 Å². The molecule has 2 N–H and O–H groups in total. The molecule has 2 saturated carbocycles. The SMILES string of the molecule is CC(C)C1(CNC(=O)C2CCCC2C(=O)O)CC1. The molecule has 0 heterocycles. The summed E-state index contributed by atoms with van der Waals surface area (Å²) in [4.78, 5) is 23.1. The van der Waals surface area contributed by atoms with E-state index in [9.17, 15) is 9.59 Å². The monoisotopic (exact) mass is 253 g/mol. The fourth-order valence-corrected chi connectivity index (χ4v) is 3.08. The number of aliphatic carboxylic acids is 1. The average Bonchev–Trinajstić information content (AvgIpc) is 2.94. The lowest BCUT2D eigenvalue weighted by Crippen LogP contribution is -2.39. The number of carbonyl (C=O) groups is 2. The number of hydrogen-bond donors (Lipinski definition) is 2. The molecule has 0 aromatic heterocycles. The molecule has 4 heteroatoms. The van der Waals surface area contributed by atoms with Crippen LogP contribution in [0.25, 0.3) is 0 Å². The van der Waals surface area contributed by atoms with Gasteiger partial charge in [0, 0.05) is 6.54 Å². The molecule has 0 spiro atoms. The summed E-state index contributed by atoms with van der Waals surface area (Å²) in [7, 11) is 0. The molecule has 2 unspecified atom stereocenters. The van der Waals surface area contributed by atoms with Gasteiger partial charge in [0.1, 0.15) is 0 Å². The van der Waals surface area contributed by atoms with E-state index in [2.05, 4.69) is 19.2 Å². The predicted molar refractivity (Wildman–Crippen MR) is 68.0 cm³/mol. The fraction of sp³-hybridized carbons (Fsp3) is 0.857. The quantitative estimate of drug-likeness (QED) is 0.788. The minimum atomic E-state index is -0.822. The van der Waals surface area contributed by atoms with E-state index < -0.39 is 11.9 Å². The normalized spacial score (nSPS) is 29.3. The molecule has 18 heavy (non-hydrogen) atoms. The van der Waals surface area contributed by atoms with Crippen molar-refractivity contribution in [3.05, 3.63) is 0 Å². The van der Waals surface area contributed by atoms with Crippen LogP contribution >= 0.6 is 0 Å². The van der Waals surface area contributed by atoms with Crippen molar-refractivity contribution in [1.82, 2.24) is 5.32 Å². The summed E-state index contributed by atoms with van der Waals surface area (Å²) in [6, 6.07) is 0. The Kier molecular flexibility index (Phi) is 3.64. The number of nitrogens with one attached hydrogen (secondary N) is 1. The van der Waals surface area contributed by atoms with Crippen molar-refractivity contribution in [3.8, 4) is 0 Å². The summed E-state index contributed by atoms with van der Waals surface area (Å²) >= 11 is 0. The molecule has 0 aliphatic heterocycles. The Bertz CT molecular complexity index is 347. The van der Waals surface area contributed by atoms with Crippen LogP contribution in [0, 0.1) is 23.2 Å². The van der Waals surface area contributed by atoms with Gasteiger partial charge in [-0.2, -0.15) is 0 Å². The van der Waals surface area contributed by atoms with Gasteiger partial charge in [0.05, 0.1) is 11.8 Å². The topological polar surface area (TPSA) is 66.4 Å². The maximum absolute atomic E-state index is 12.1. The summed E-state index contributed by atoms with van der Waals surface area (Å²) in [6.07, 6.45) is 4.57. The first-order valence-electron chi connectivity index (χ1n) is 6.97. The lowest BCUT2D eigenvalue weighted by Gasteiger charge is -2.22. The maximum atomic E-state index is 12.1. The van der Waals surface area contributed by atoms with E-state index in [1.165, 1.54) is 12.8 Å². The second-order valence-corrected chi connectivity index (χ2v) is 6.22. The van der Waals surface area contributed by atoms with Crippen molar-refractivity contribution in [1.29, 1.82) is 0 Å². The standard InChI is InChI=1S/C14H23NO3/c1-9(2)14(6-7-14)8-15-12(16)10-4-3-5-11(10)13(17)18/h9-11H,3-8H2,1-2H3,(H,15,16)(H,17,18). The van der Waals surface area contributed by atoms with Crippen molar-refractivity contribution in [2.75, 3.05) is 6.54 Å². The summed E-state index contributed by atoms with van der Waals surface area (Å²) in [6.45, 7) is 5.09. The van der Waals surface area contributed by atoms with Crippen molar-refractivity contribution in [3.63, 3.8) is 0 Å². The van der Waals surface area contributed by atoms with Crippen LogP contribution in [0.3, 0.4) is 0 Å². The lowest BCUT2D eigenvalue weighted by molar-refractivity contribution is -0.146. The minimum Gasteiger partial charge on any atom is -0.481 e. The molecule has 0 radical (unpaired) electrons. The molecule has 4 nitrogen and oxygen atoms in total. The van der Waals surface area contributed by atoms with Crippen LogP contribution in [0.1, 0.15) is 46.0 Å². The van der Waals surface area contributed by atoms with E-state index in [0.29, 0.717) is 18.9 Å². The van der Waals surface area contributed by atoms with Gasteiger partial charge in [-0.15, -0.1) is 0 Å². The Labute approximate surface area is 108 Å². The highest BCUT2D eigenvalue weighted by atomic mass is 16.4. The highest BCUT2D eigenvalue weighted by Gasteiger charge is 2.46. The third kappa shape index (κ3) is 2.52. The van der Waals surface area contributed by atoms with Crippen LogP contribution < -0.4 is 5.32 Å². The number of hydrogen-bond acceptors (Lipinski definition) is 2. The van der Waals surface area contributed by atoms with E-state index in [1.54, 1.807) is 0 Å². The molecular formula is C14H23NO3. The minimum absolute atomic E-state index is 0.0492. The smallest absolute Gasteiger partial charge is 0.307 e. The van der Waals surface area contributed by atoms with Gasteiger partial charge in [-0.25, -0.2) is 0 Å². The van der Waals surface area contributed by atoms with Crippen LogP contribution in [0.5, 0.6) is 0 Å². The number of rotatable bonds is 5. The van der Waals surface area contributed by atoms with Crippen LogP contribution in [0.2, 0.25) is 0 Å². The summed E-state index contributed by atoms with van der Waals surface area (Å²) in [5, 5.41) is 12.1. The fourth-order valence-electron chi connectivity index (χ4n) is 3.08. The van der Waals surface area contributed by atoms with E-state index in [0.717, 1.165) is 12.8 Å². The third-order valence-corrected chi connectivity index (χ3v) is 4.90. The zero-order chi connectivity index (χ0) is 13.3. The van der Waals surface area contributed by atoms with Crippen molar-refractivity contribution < 1.29 is 14.7 Å². The van der Waals surface area contributed by atoms with Gasteiger partial charge in [0.25, 0.3) is 0 Å². The zero-order valence-electron chi connectivity index (χ0n) is 11.2. The number of amides is 1. The first kappa shape index (κ1) is 13.4. The van der Waals surface area contributed by atoms with Crippen LogP contribution in [-0.4, -0.2) is 23.5 Å². The predicted octanol–water partition coefficient (Wildman–Crippen LogP) is 2.04. The zero-order valence-corrected chi connectivity index (χ0v) is 11.2. The first-order chi connectivity index (χ1) is 8.46. The van der Waals surface area contributed by atoms with Crippen LogP contribution in [0.4, 0.5) is 0 Å². The Balaban J connectivity index is 1.87. The van der Waals surface area contributed by atoms with E-state index >= 15 is 0 Å². The molecule has 2 fully saturated rings. The second-order valence-electron chi connectivity index (χ2n) is 6.22. The average molecular weight is 253 g/mol. The Hall–Kier alpha value is -1.06. The van der Waals surface area contributed by atoms with Gasteiger partial charge in [-0.05, 0) is 37.0 Å². The maximum Gasteiger partial charge on any atom is 0.307 e. The van der Waals surface area contributed by atoms with Crippen molar-refractivity contribution in [2.45, 2.75) is 46.0 Å². The van der Waals surface area contributed by atoms with E-state index in [1.807, 2.05) is 0 Å². The molecule has 0 aromatic rings. The number of carboxylic acids is 1. The largest absolute Gasteiger partial charge is 0.481 e. The first-order valence-corrected chi connectivity index (χ1v) is 6.97. The Morgan fingerprint density at radius 3 is 2.39 bits per heavy atom. The highest BCUT2D eigenvalue weighted by molar-refractivity contribution is 5.85. The highest BCUT2D eigenvalue weighted by Crippen LogP contribution is 2.51. The van der Waals surface area contributed by atoms with E-state index in [-0.39, 0.29) is 17.2 Å². The number of carbonyl (C=O) groups excluding carboxylic acids is 1. The summed E-state index contributed by atoms with van der Waals surface area (Å²) in [5.41, 5.74) is 0.285. The van der Waals surface area contributed by atoms with Gasteiger partial charge in [-0.1, -0.05) is 20.3 Å². The molecule has 2 aliphatic rings. The summed E-state index contributed by atoms with van der Waals surface area (Å²) in [5.74, 6) is -1.08. The molecule has 102 valence electrons. The molecule has 1 amide bonds. The Morgan fingerprint density at radius 2 is 1.89 bits per heavy atom. The number of carboxylic acid groups (broad SMARTS) is 1. The molecular weight excluding hydrogens is 230 g/mol.